The molecule has 1 unspecified atom stereocenters. The minimum atomic E-state index is -2.44. The van der Waals surface area contributed by atoms with Gasteiger partial charge in [-0.2, -0.15) is 0 Å². The Labute approximate surface area is 143 Å². The SMILES string of the molecule is C[C@]1(O)[C@@H](O)[C@H](O)[C@H](O)[C@@]2(CO)[C@H](O)[C@H](O)[C@@H]3C(O)[C@@]21O[C@@]3(C)CO. The van der Waals surface area contributed by atoms with Crippen molar-refractivity contribution >= 4 is 0 Å². The second-order valence-electron chi connectivity index (χ2n) is 7.94. The van der Waals surface area contributed by atoms with E-state index in [9.17, 15) is 46.0 Å². The molecule has 0 radical (unpaired) electrons. The summed E-state index contributed by atoms with van der Waals surface area (Å²) in [5.41, 5.74) is -8.78. The maximum absolute atomic E-state index is 11.0. The summed E-state index contributed by atoms with van der Waals surface area (Å²) >= 11 is 0. The molecular formula is C15H26O10. The predicted octanol–water partition coefficient (Wildman–Crippen LogP) is -4.96. The molecule has 2 aliphatic carbocycles. The third kappa shape index (κ3) is 1.74. The van der Waals surface area contributed by atoms with Gasteiger partial charge < -0.3 is 50.7 Å². The van der Waals surface area contributed by atoms with Crippen LogP contribution in [-0.2, 0) is 4.74 Å². The van der Waals surface area contributed by atoms with Crippen LogP contribution >= 0.6 is 0 Å². The van der Waals surface area contributed by atoms with Crippen LogP contribution in [0.4, 0.5) is 0 Å². The third-order valence-electron chi connectivity index (χ3n) is 6.84. The Balaban J connectivity index is 2.36. The first-order chi connectivity index (χ1) is 11.4. The van der Waals surface area contributed by atoms with E-state index < -0.39 is 78.0 Å². The molecule has 25 heavy (non-hydrogen) atoms. The molecule has 1 aliphatic heterocycles. The molecule has 11 atom stereocenters. The fourth-order valence-electron chi connectivity index (χ4n) is 5.46. The lowest BCUT2D eigenvalue weighted by molar-refractivity contribution is -0.385. The Morgan fingerprint density at radius 3 is 1.76 bits per heavy atom. The summed E-state index contributed by atoms with van der Waals surface area (Å²) in [7, 11) is 0. The molecule has 1 saturated heterocycles. The van der Waals surface area contributed by atoms with Gasteiger partial charge in [-0.05, 0) is 13.8 Å². The number of rotatable bonds is 2. The summed E-state index contributed by atoms with van der Waals surface area (Å²) < 4.78 is 5.80. The summed E-state index contributed by atoms with van der Waals surface area (Å²) in [6.07, 6.45) is -11.5. The topological polar surface area (TPSA) is 191 Å². The molecule has 2 saturated carbocycles. The van der Waals surface area contributed by atoms with E-state index in [1.54, 1.807) is 0 Å². The van der Waals surface area contributed by atoms with Gasteiger partial charge in [0, 0.05) is 5.92 Å². The van der Waals surface area contributed by atoms with E-state index >= 15 is 0 Å². The first-order valence-corrected chi connectivity index (χ1v) is 8.13. The minimum absolute atomic E-state index is 0.716. The van der Waals surface area contributed by atoms with Gasteiger partial charge in [0.05, 0.1) is 48.6 Å². The molecule has 0 aromatic carbocycles. The molecular weight excluding hydrogens is 340 g/mol. The highest BCUT2D eigenvalue weighted by Crippen LogP contribution is 2.66. The van der Waals surface area contributed by atoms with E-state index in [-0.39, 0.29) is 0 Å². The van der Waals surface area contributed by atoms with Gasteiger partial charge in [0.15, 0.2) is 0 Å². The number of fused-ring (bicyclic) bond motifs is 1. The van der Waals surface area contributed by atoms with Crippen LogP contribution in [0.15, 0.2) is 0 Å². The van der Waals surface area contributed by atoms with E-state index in [2.05, 4.69) is 0 Å². The van der Waals surface area contributed by atoms with E-state index in [4.69, 9.17) is 4.74 Å². The number of aliphatic hydroxyl groups excluding tert-OH is 8. The van der Waals surface area contributed by atoms with Gasteiger partial charge >= 0.3 is 0 Å². The van der Waals surface area contributed by atoms with Gasteiger partial charge in [-0.25, -0.2) is 0 Å². The van der Waals surface area contributed by atoms with E-state index in [1.807, 2.05) is 0 Å². The molecule has 0 aromatic rings. The molecule has 3 rings (SSSR count). The normalized spacial score (nSPS) is 64.2. The molecule has 10 nitrogen and oxygen atoms in total. The average Bonchev–Trinajstić information content (AvgIpc) is 2.78. The van der Waals surface area contributed by atoms with Crippen molar-refractivity contribution in [3.05, 3.63) is 0 Å². The van der Waals surface area contributed by atoms with Crippen LogP contribution in [-0.4, -0.2) is 113 Å². The minimum Gasteiger partial charge on any atom is -0.395 e. The lowest BCUT2D eigenvalue weighted by Crippen LogP contribution is -2.87. The number of aliphatic hydroxyl groups is 9. The second-order valence-corrected chi connectivity index (χ2v) is 7.94. The van der Waals surface area contributed by atoms with Crippen molar-refractivity contribution in [3.63, 3.8) is 0 Å². The molecule has 1 heterocycles. The predicted molar refractivity (Wildman–Crippen MR) is 79.0 cm³/mol. The Morgan fingerprint density at radius 2 is 1.28 bits per heavy atom. The van der Waals surface area contributed by atoms with E-state index in [0.717, 1.165) is 6.92 Å². The monoisotopic (exact) mass is 366 g/mol. The van der Waals surface area contributed by atoms with Crippen molar-refractivity contribution < 1.29 is 50.7 Å². The van der Waals surface area contributed by atoms with Gasteiger partial charge in [-0.15, -0.1) is 0 Å². The Bertz CT molecular complexity index is 556. The summed E-state index contributed by atoms with van der Waals surface area (Å²) in [5, 5.41) is 94.0. The zero-order valence-electron chi connectivity index (χ0n) is 13.9. The molecule has 2 bridgehead atoms. The van der Waals surface area contributed by atoms with Crippen molar-refractivity contribution in [1.82, 2.24) is 0 Å². The summed E-state index contributed by atoms with van der Waals surface area (Å²) in [5.74, 6) is -1.28. The van der Waals surface area contributed by atoms with E-state index in [0.29, 0.717) is 0 Å². The highest BCUT2D eigenvalue weighted by atomic mass is 16.6. The van der Waals surface area contributed by atoms with Gasteiger partial charge in [0.25, 0.3) is 0 Å². The van der Waals surface area contributed by atoms with Crippen molar-refractivity contribution in [1.29, 1.82) is 0 Å². The highest BCUT2D eigenvalue weighted by Gasteiger charge is 2.86. The summed E-state index contributed by atoms with van der Waals surface area (Å²) in [4.78, 5) is 0. The van der Waals surface area contributed by atoms with Crippen molar-refractivity contribution in [2.75, 3.05) is 13.2 Å². The molecule has 0 aromatic heterocycles. The second kappa shape index (κ2) is 5.32. The quantitative estimate of drug-likeness (QED) is 0.229. The maximum atomic E-state index is 11.0. The zero-order valence-corrected chi connectivity index (χ0v) is 13.9. The Morgan fingerprint density at radius 1 is 0.760 bits per heavy atom. The fraction of sp³-hybridized carbons (Fsp3) is 1.00. The van der Waals surface area contributed by atoms with Crippen LogP contribution in [0, 0.1) is 11.3 Å². The third-order valence-corrected chi connectivity index (χ3v) is 6.84. The van der Waals surface area contributed by atoms with Gasteiger partial charge in [-0.1, -0.05) is 0 Å². The molecule has 3 aliphatic rings. The van der Waals surface area contributed by atoms with Crippen LogP contribution in [0.2, 0.25) is 0 Å². The summed E-state index contributed by atoms with van der Waals surface area (Å²) in [6.45, 7) is 0.564. The zero-order chi connectivity index (χ0) is 19.2. The average molecular weight is 366 g/mol. The first kappa shape index (κ1) is 19.4. The molecule has 146 valence electrons. The largest absolute Gasteiger partial charge is 0.395 e. The van der Waals surface area contributed by atoms with Gasteiger partial charge in [0.2, 0.25) is 0 Å². The molecule has 10 heteroatoms. The molecule has 1 spiro atoms. The van der Waals surface area contributed by atoms with E-state index in [1.165, 1.54) is 6.92 Å². The molecule has 9 N–H and O–H groups in total. The van der Waals surface area contributed by atoms with Gasteiger partial charge in [-0.3, -0.25) is 0 Å². The maximum Gasteiger partial charge on any atom is 0.139 e. The molecule has 0 amide bonds. The van der Waals surface area contributed by atoms with Crippen molar-refractivity contribution in [3.8, 4) is 0 Å². The van der Waals surface area contributed by atoms with Gasteiger partial charge in [0.1, 0.15) is 23.4 Å². The standard InChI is InChI=1S/C15H26O10/c1-12(3-16)5-6(18)10(22)14(4-17)11(23)7(19)9(21)13(2,24)15(14,25-12)8(5)20/h5-11,16-24H,3-4H2,1-2H3/t5-,6-,7+,8?,9+,10-,11+,12+,13+,14-,15+/m1/s1. The lowest BCUT2D eigenvalue weighted by Gasteiger charge is -2.66. The van der Waals surface area contributed by atoms with Crippen LogP contribution < -0.4 is 0 Å². The molecule has 3 fully saturated rings. The van der Waals surface area contributed by atoms with Crippen molar-refractivity contribution in [2.24, 2.45) is 11.3 Å². The number of ether oxygens (including phenoxy) is 1. The van der Waals surface area contributed by atoms with Crippen LogP contribution in [0.5, 0.6) is 0 Å². The van der Waals surface area contributed by atoms with Crippen molar-refractivity contribution in [2.45, 2.75) is 67.3 Å². The number of hydrogen-bond acceptors (Lipinski definition) is 10. The Kier molecular flexibility index (Phi) is 4.12. The van der Waals surface area contributed by atoms with Crippen LogP contribution in [0.3, 0.4) is 0 Å². The Hall–Kier alpha value is -0.400. The lowest BCUT2D eigenvalue weighted by atomic mass is 9.45. The summed E-state index contributed by atoms with van der Waals surface area (Å²) in [6, 6.07) is 0. The fourth-order valence-corrected chi connectivity index (χ4v) is 5.46. The highest BCUT2D eigenvalue weighted by molar-refractivity contribution is 5.34. The number of hydrogen-bond donors (Lipinski definition) is 9. The smallest absolute Gasteiger partial charge is 0.139 e. The van der Waals surface area contributed by atoms with Crippen LogP contribution in [0.1, 0.15) is 13.8 Å². The first-order valence-electron chi connectivity index (χ1n) is 8.13. The van der Waals surface area contributed by atoms with Crippen LogP contribution in [0.25, 0.3) is 0 Å².